The Bertz CT molecular complexity index is 4010. The lowest BCUT2D eigenvalue weighted by atomic mass is 9.89. The summed E-state index contributed by atoms with van der Waals surface area (Å²) in [6.45, 7) is 19.6. The number of amides is 14. The largest absolute Gasteiger partial charge is 0.449 e. The molecule has 0 aromatic heterocycles. The summed E-state index contributed by atoms with van der Waals surface area (Å²) in [5.41, 5.74) is 12.0. The van der Waals surface area contributed by atoms with Gasteiger partial charge in [-0.1, -0.05) is 111 Å². The highest BCUT2D eigenvalue weighted by Crippen LogP contribution is 2.52. The number of hydrogen-bond acceptors (Lipinski definition) is 25. The van der Waals surface area contributed by atoms with Crippen molar-refractivity contribution in [3.8, 4) is 11.8 Å². The summed E-state index contributed by atoms with van der Waals surface area (Å²) in [5.74, 6) is -0.875. The van der Waals surface area contributed by atoms with Gasteiger partial charge in [0, 0.05) is 85.9 Å². The first-order valence-corrected chi connectivity index (χ1v) is 45.9. The Hall–Kier alpha value is -9.89. The van der Waals surface area contributed by atoms with Gasteiger partial charge in [0.25, 0.3) is 0 Å². The van der Waals surface area contributed by atoms with E-state index in [4.69, 9.17) is 54.1 Å². The van der Waals surface area contributed by atoms with Crippen LogP contribution in [0, 0.1) is 59.2 Å². The number of urea groups is 1. The van der Waals surface area contributed by atoms with Gasteiger partial charge in [-0.05, 0) is 117 Å². The summed E-state index contributed by atoms with van der Waals surface area (Å²) < 4.78 is 51.2. The molecule has 2 aromatic rings. The minimum Gasteiger partial charge on any atom is -0.449 e. The molecule has 4 aliphatic rings. The van der Waals surface area contributed by atoms with Gasteiger partial charge in [-0.3, -0.25) is 52.8 Å². The molecule has 0 radical (unpaired) electrons. The Balaban J connectivity index is 1.01. The van der Waals surface area contributed by atoms with Crippen molar-refractivity contribution in [1.29, 1.82) is 0 Å². The summed E-state index contributed by atoms with van der Waals surface area (Å²) in [6, 6.07) is 6.19. The number of nitrogens with one attached hydrogen (secondary N) is 9. The number of rotatable bonds is 58. The zero-order chi connectivity index (χ0) is 96.6. The molecule has 3 fully saturated rings. The second-order valence-corrected chi connectivity index (χ2v) is 35.2. The van der Waals surface area contributed by atoms with Crippen LogP contribution in [0.15, 0.2) is 54.6 Å². The molecular formula is C92H146N14O25. The number of likely N-dealkylation sites (N-methyl/N-ethyl adjacent to an activating group) is 2. The Morgan fingerprint density at radius 1 is 0.603 bits per heavy atom. The lowest BCUT2D eigenvalue weighted by Gasteiger charge is -2.41. The Morgan fingerprint density at radius 3 is 1.79 bits per heavy atom. The van der Waals surface area contributed by atoms with Gasteiger partial charge < -0.3 is 127 Å². The molecule has 2 aliphatic carbocycles. The van der Waals surface area contributed by atoms with Crippen molar-refractivity contribution in [2.24, 2.45) is 58.8 Å². The molecule has 1 saturated carbocycles. The van der Waals surface area contributed by atoms with E-state index in [-0.39, 0.29) is 135 Å². The third-order valence-corrected chi connectivity index (χ3v) is 24.5. The molecule has 2 aromatic carbocycles. The van der Waals surface area contributed by atoms with Crippen LogP contribution in [0.4, 0.5) is 20.1 Å². The van der Waals surface area contributed by atoms with E-state index < -0.39 is 193 Å². The van der Waals surface area contributed by atoms with Crippen LogP contribution in [0.25, 0.3) is 0 Å². The molecule has 131 heavy (non-hydrogen) atoms. The number of likely N-dealkylation sites (tertiary alicyclic amines) is 1. The highest BCUT2D eigenvalue weighted by atomic mass is 16.6. The normalized spacial score (nSPS) is 20.8. The van der Waals surface area contributed by atoms with Crippen LogP contribution >= 0.6 is 0 Å². The molecular weight excluding hydrogens is 1700 g/mol. The van der Waals surface area contributed by atoms with Crippen LogP contribution in [0.3, 0.4) is 0 Å². The van der Waals surface area contributed by atoms with E-state index in [1.165, 1.54) is 38.3 Å². The number of carbonyl (C=O) groups excluding carboxylic acids is 13. The van der Waals surface area contributed by atoms with Crippen LogP contribution < -0.4 is 59.3 Å². The van der Waals surface area contributed by atoms with Crippen molar-refractivity contribution in [1.82, 2.24) is 57.2 Å². The van der Waals surface area contributed by atoms with Crippen LogP contribution in [-0.2, 0) is 97.2 Å². The van der Waals surface area contributed by atoms with E-state index in [2.05, 4.69) is 59.7 Å². The molecule has 39 nitrogen and oxygen atoms in total. The van der Waals surface area contributed by atoms with Gasteiger partial charge in [0.2, 0.25) is 59.1 Å². The lowest BCUT2D eigenvalue weighted by molar-refractivity contribution is -0.148. The summed E-state index contributed by atoms with van der Waals surface area (Å²) in [5, 5.41) is 56.4. The molecule has 1 unspecified atom stereocenters. The number of ether oxygens (including phenoxy) is 9. The van der Waals surface area contributed by atoms with Crippen LogP contribution in [0.5, 0.6) is 0 Å². The van der Waals surface area contributed by atoms with Gasteiger partial charge in [0.15, 0.2) is 0 Å². The Kier molecular flexibility index (Phi) is 47.7. The van der Waals surface area contributed by atoms with Crippen LogP contribution in [-0.4, -0.2) is 306 Å². The number of aliphatic hydroxyl groups is 3. The Labute approximate surface area is 769 Å². The van der Waals surface area contributed by atoms with Gasteiger partial charge in [0.1, 0.15) is 55.1 Å². The molecule has 734 valence electrons. The molecule has 2 saturated heterocycles. The van der Waals surface area contributed by atoms with Gasteiger partial charge in [-0.2, -0.15) is 0 Å². The fourth-order valence-electron chi connectivity index (χ4n) is 16.8. The zero-order valence-electron chi connectivity index (χ0n) is 78.6. The van der Waals surface area contributed by atoms with Crippen molar-refractivity contribution < 1.29 is 120 Å². The number of alkyl carbamates (subject to hydrolysis) is 1. The quantitative estimate of drug-likeness (QED) is 0.0334. The highest BCUT2D eigenvalue weighted by Gasteiger charge is 2.50. The van der Waals surface area contributed by atoms with Gasteiger partial charge in [-0.15, -0.1) is 11.8 Å². The predicted octanol–water partition coefficient (Wildman–Crippen LogP) is 2.96. The van der Waals surface area contributed by atoms with Crippen LogP contribution in [0.2, 0.25) is 0 Å². The number of methoxy groups -OCH3 is 2. The fourth-order valence-corrected chi connectivity index (χ4v) is 16.8. The average molecular weight is 1850 g/mol. The maximum atomic E-state index is 14.9. The predicted molar refractivity (Wildman–Crippen MR) is 482 cm³/mol. The number of anilines is 1. The molecule has 0 bridgehead atoms. The smallest absolute Gasteiger partial charge is 0.410 e. The number of nitrogens with two attached hydrogens (primary N) is 2. The number of aliphatic hydroxyl groups excluding tert-OH is 3. The first-order chi connectivity index (χ1) is 62.4. The third kappa shape index (κ3) is 35.9. The number of primary amides is 2. The standard InChI is InChI=1S/C92H146N14O25/c1-15-57(8)79(69(123-13)50-75(110)106-40-24-30-68(106)83(124-14)58(9)84(114)98-59(10)80(111)61-25-19-18-20-26-61)104(11)89(119)77(55(4)5)103-88(118)78(56(6)7)105(12)92(122)130-52-60-31-33-62(34-32-60)99-85(115)66(29-23-38-95-90(94)120)101-87(117)76(54(2)3)102-86(116)67(35-36-73(108)97-51-71-82(113)81(112)70(131-71)49-72(93)107)100-74(109)37-41-125-43-45-127-47-48-128-46-44-126-42-39-96-91(121)129-53-65-63-27-21-16-17-22-28-64(63)65/h18-20,25-26,31-34,54-59,63-71,76-83,111-113H,15,21-24,27-30,35-53H2,1-14H3,(H2,93,107)(H,96,121)(H,97,108)(H,98,114)(H,99,115)(H,100,109)(H,101,117)(H,102,116)(H,103,118)(H3,94,95,120)/t57-,58+,59+,63-,64+,65?,66-,67-,68-,69+,70+,71-,76-,77-,78-,79-,80+,81+,82-,83+/m0/s1. The van der Waals surface area contributed by atoms with Crippen molar-refractivity contribution in [3.05, 3.63) is 65.7 Å². The van der Waals surface area contributed by atoms with Gasteiger partial charge >= 0.3 is 18.2 Å². The molecule has 14 amide bonds. The summed E-state index contributed by atoms with van der Waals surface area (Å²) >= 11 is 0. The van der Waals surface area contributed by atoms with Gasteiger partial charge in [-0.25, -0.2) is 14.4 Å². The average Bonchev–Trinajstić information content (AvgIpc) is 1.63. The first-order valence-electron chi connectivity index (χ1n) is 45.9. The number of benzene rings is 2. The van der Waals surface area contributed by atoms with Crippen molar-refractivity contribution >= 4 is 83.0 Å². The second-order valence-electron chi connectivity index (χ2n) is 35.2. The van der Waals surface area contributed by atoms with E-state index in [1.54, 1.807) is 104 Å². The van der Waals surface area contributed by atoms with E-state index in [0.29, 0.717) is 61.3 Å². The van der Waals surface area contributed by atoms with Crippen LogP contribution in [0.1, 0.15) is 176 Å². The topological polar surface area (TPSA) is 536 Å². The molecule has 39 heteroatoms. The lowest BCUT2D eigenvalue weighted by Crippen LogP contribution is -2.60. The van der Waals surface area contributed by atoms with E-state index in [0.717, 1.165) is 30.6 Å². The molecule has 2 aliphatic heterocycles. The molecule has 16 N–H and O–H groups in total. The highest BCUT2D eigenvalue weighted by molar-refractivity contribution is 5.99. The Morgan fingerprint density at radius 2 is 1.21 bits per heavy atom. The zero-order valence-corrected chi connectivity index (χ0v) is 78.6. The second kappa shape index (κ2) is 56.9. The molecule has 0 spiro atoms. The number of carbonyl (C=O) groups is 13. The summed E-state index contributed by atoms with van der Waals surface area (Å²) in [6.07, 6.45) is -4.79. The van der Waals surface area contributed by atoms with Gasteiger partial charge in [0.05, 0.1) is 121 Å². The van der Waals surface area contributed by atoms with E-state index in [9.17, 15) is 77.6 Å². The minimum atomic E-state index is -1.49. The van der Waals surface area contributed by atoms with E-state index >= 15 is 0 Å². The maximum Gasteiger partial charge on any atom is 0.410 e. The maximum absolute atomic E-state index is 14.9. The molecule has 6 rings (SSSR count). The summed E-state index contributed by atoms with van der Waals surface area (Å²) in [7, 11) is 6.00. The number of hydrogen-bond donors (Lipinski definition) is 14. The molecule has 2 heterocycles. The number of fused-ring (bicyclic) bond motifs is 1. The van der Waals surface area contributed by atoms with Crippen molar-refractivity contribution in [3.63, 3.8) is 0 Å². The first kappa shape index (κ1) is 110. The fraction of sp³-hybridized carbons (Fsp3) is 0.707. The van der Waals surface area contributed by atoms with Crippen molar-refractivity contribution in [2.45, 2.75) is 257 Å². The van der Waals surface area contributed by atoms with Crippen molar-refractivity contribution in [2.75, 3.05) is 119 Å². The SMILES string of the molecule is CC[C@H](C)[C@@H]([C@@H](CC(=O)N1CCC[C@H]1[C@H](OC)[C@@H](C)C(=O)N[C@H](C)[C@@H](O)c1ccccc1)OC)N(C)C(=O)[C@@H](NC(=O)[C@H](C(C)C)N(C)C(=O)OCc1ccc(NC(=O)[C@H](CCCNC(N)=O)NC(=O)[C@@H](NC(=O)[C@H](CCC(=O)NC[C@@H]2O[C@H](CC(N)=O)[C@@H](O)[C@H]2O)NC(=O)CCOCCOCCOCCOCCNC(=O)OCC2[C@H]3CCC#CCC[C@@H]23)C(C)C)cc1)C(C)C. The number of nitrogens with zero attached hydrogens (tertiary/aromatic N) is 3. The monoisotopic (exact) mass is 1850 g/mol. The minimum absolute atomic E-state index is 0.00371. The third-order valence-electron chi connectivity index (χ3n) is 24.5. The van der Waals surface area contributed by atoms with E-state index in [1.807, 2.05) is 19.9 Å². The molecule has 20 atom stereocenters. The summed E-state index contributed by atoms with van der Waals surface area (Å²) in [4.78, 5) is 182.